The highest BCUT2D eigenvalue weighted by Crippen LogP contribution is 2.24. The summed E-state index contributed by atoms with van der Waals surface area (Å²) < 4.78 is 11.9. The van der Waals surface area contributed by atoms with Gasteiger partial charge in [0.25, 0.3) is 0 Å². The Morgan fingerprint density at radius 2 is 1.82 bits per heavy atom. The van der Waals surface area contributed by atoms with E-state index in [4.69, 9.17) is 15.2 Å². The van der Waals surface area contributed by atoms with Crippen LogP contribution in [0.2, 0.25) is 0 Å². The minimum atomic E-state index is 0.566. The fourth-order valence-corrected chi connectivity index (χ4v) is 2.10. The molecule has 1 fully saturated rings. The second-order valence-corrected chi connectivity index (χ2v) is 5.18. The zero-order valence-corrected chi connectivity index (χ0v) is 13.5. The Balaban J connectivity index is 0.000000211. The fourth-order valence-electron chi connectivity index (χ4n) is 2.10. The molecule has 1 aromatic carbocycles. The van der Waals surface area contributed by atoms with Gasteiger partial charge in [0.15, 0.2) is 0 Å². The van der Waals surface area contributed by atoms with Gasteiger partial charge in [-0.25, -0.2) is 4.68 Å². The first-order chi connectivity index (χ1) is 10.6. The van der Waals surface area contributed by atoms with Crippen LogP contribution in [0, 0.1) is 6.92 Å². The summed E-state index contributed by atoms with van der Waals surface area (Å²) in [5.74, 6) is 1.18. The third-order valence-electron chi connectivity index (χ3n) is 3.55. The largest absolute Gasteiger partial charge is 0.480 e. The standard InChI is InChI=1S/C11H13N3O.C5H11NO/c1-8-10(12)14(13-11(8)15-2)9-6-4-3-5-7-9;1-6-2-4-7-5-3-6/h3-7H,12H2,1-2H3;2-5H2,1H3. The number of benzene rings is 1. The number of nitrogen functional groups attached to an aromatic ring is 1. The van der Waals surface area contributed by atoms with Gasteiger partial charge >= 0.3 is 0 Å². The van der Waals surface area contributed by atoms with Crippen LogP contribution in [0.3, 0.4) is 0 Å². The number of anilines is 1. The topological polar surface area (TPSA) is 65.5 Å². The molecule has 3 rings (SSSR count). The van der Waals surface area contributed by atoms with Crippen molar-refractivity contribution in [1.82, 2.24) is 14.7 Å². The number of likely N-dealkylation sites (N-methyl/N-ethyl adjacent to an activating group) is 1. The zero-order chi connectivity index (χ0) is 15.9. The summed E-state index contributed by atoms with van der Waals surface area (Å²) in [5, 5.41) is 4.27. The first kappa shape index (κ1) is 16.3. The summed E-state index contributed by atoms with van der Waals surface area (Å²) in [6.07, 6.45) is 0. The van der Waals surface area contributed by atoms with Crippen LogP contribution in [-0.4, -0.2) is 55.1 Å². The Kier molecular flexibility index (Phi) is 5.80. The van der Waals surface area contributed by atoms with Crippen LogP contribution in [-0.2, 0) is 4.74 Å². The first-order valence-corrected chi connectivity index (χ1v) is 7.34. The van der Waals surface area contributed by atoms with Crippen LogP contribution in [0.5, 0.6) is 5.88 Å². The number of hydrogen-bond donors (Lipinski definition) is 1. The van der Waals surface area contributed by atoms with Crippen molar-refractivity contribution in [3.63, 3.8) is 0 Å². The van der Waals surface area contributed by atoms with E-state index in [1.807, 2.05) is 37.3 Å². The molecule has 2 N–H and O–H groups in total. The Morgan fingerprint density at radius 1 is 1.18 bits per heavy atom. The predicted molar refractivity (Wildman–Crippen MR) is 87.6 cm³/mol. The van der Waals surface area contributed by atoms with Crippen molar-refractivity contribution in [2.24, 2.45) is 0 Å². The molecule has 0 aliphatic carbocycles. The molecule has 0 unspecified atom stereocenters. The van der Waals surface area contributed by atoms with Crippen molar-refractivity contribution in [3.05, 3.63) is 35.9 Å². The van der Waals surface area contributed by atoms with E-state index in [1.54, 1.807) is 11.8 Å². The normalized spacial score (nSPS) is 15.0. The SMILES string of the molecule is CN1CCOCC1.COc1nn(-c2ccccc2)c(N)c1C. The molecule has 120 valence electrons. The minimum absolute atomic E-state index is 0.566. The fraction of sp³-hybridized carbons (Fsp3) is 0.438. The summed E-state index contributed by atoms with van der Waals surface area (Å²) in [7, 11) is 3.70. The highest BCUT2D eigenvalue weighted by atomic mass is 16.5. The third-order valence-corrected chi connectivity index (χ3v) is 3.55. The Bertz CT molecular complexity index is 577. The molecular weight excluding hydrogens is 280 g/mol. The van der Waals surface area contributed by atoms with Crippen LogP contribution >= 0.6 is 0 Å². The third kappa shape index (κ3) is 3.99. The number of aromatic nitrogens is 2. The minimum Gasteiger partial charge on any atom is -0.480 e. The average molecular weight is 304 g/mol. The lowest BCUT2D eigenvalue weighted by Gasteiger charge is -2.21. The highest BCUT2D eigenvalue weighted by Gasteiger charge is 2.12. The number of nitrogens with zero attached hydrogens (tertiary/aromatic N) is 3. The molecule has 1 aliphatic heterocycles. The number of ether oxygens (including phenoxy) is 2. The lowest BCUT2D eigenvalue weighted by molar-refractivity contribution is 0.0503. The maximum Gasteiger partial charge on any atom is 0.238 e. The Morgan fingerprint density at radius 3 is 2.27 bits per heavy atom. The summed E-state index contributed by atoms with van der Waals surface area (Å²) in [6, 6.07) is 9.73. The molecule has 0 saturated carbocycles. The van der Waals surface area contributed by atoms with Crippen LogP contribution in [0.4, 0.5) is 5.82 Å². The average Bonchev–Trinajstić information content (AvgIpc) is 2.85. The molecule has 0 amide bonds. The van der Waals surface area contributed by atoms with Gasteiger partial charge in [-0.05, 0) is 26.1 Å². The molecule has 2 heterocycles. The highest BCUT2D eigenvalue weighted by molar-refractivity contribution is 5.51. The van der Waals surface area contributed by atoms with E-state index in [2.05, 4.69) is 17.0 Å². The quantitative estimate of drug-likeness (QED) is 0.915. The molecule has 1 aromatic heterocycles. The van der Waals surface area contributed by atoms with E-state index >= 15 is 0 Å². The molecule has 6 heteroatoms. The van der Waals surface area contributed by atoms with Crippen molar-refractivity contribution in [2.45, 2.75) is 6.92 Å². The molecule has 0 atom stereocenters. The molecule has 0 bridgehead atoms. The number of hydrogen-bond acceptors (Lipinski definition) is 5. The van der Waals surface area contributed by atoms with Crippen molar-refractivity contribution >= 4 is 5.82 Å². The Hall–Kier alpha value is -2.05. The lowest BCUT2D eigenvalue weighted by Crippen LogP contribution is -2.32. The van der Waals surface area contributed by atoms with E-state index in [-0.39, 0.29) is 0 Å². The van der Waals surface area contributed by atoms with E-state index in [0.717, 1.165) is 37.6 Å². The Labute approximate surface area is 131 Å². The predicted octanol–water partition coefficient (Wildman–Crippen LogP) is 1.72. The molecular formula is C16H24N4O2. The van der Waals surface area contributed by atoms with E-state index in [1.165, 1.54) is 0 Å². The first-order valence-electron chi connectivity index (χ1n) is 7.34. The zero-order valence-electron chi connectivity index (χ0n) is 13.5. The van der Waals surface area contributed by atoms with Crippen LogP contribution in [0.15, 0.2) is 30.3 Å². The van der Waals surface area contributed by atoms with Gasteiger partial charge in [0.2, 0.25) is 5.88 Å². The number of rotatable bonds is 2. The van der Waals surface area contributed by atoms with E-state index in [0.29, 0.717) is 11.7 Å². The summed E-state index contributed by atoms with van der Waals surface area (Å²) in [5.41, 5.74) is 7.73. The number of nitrogens with two attached hydrogens (primary N) is 1. The summed E-state index contributed by atoms with van der Waals surface area (Å²) in [6.45, 7) is 5.91. The van der Waals surface area contributed by atoms with Crippen LogP contribution < -0.4 is 10.5 Å². The van der Waals surface area contributed by atoms with Gasteiger partial charge in [-0.3, -0.25) is 0 Å². The molecule has 22 heavy (non-hydrogen) atoms. The van der Waals surface area contributed by atoms with E-state index in [9.17, 15) is 0 Å². The molecule has 1 saturated heterocycles. The molecule has 0 spiro atoms. The van der Waals surface area contributed by atoms with Crippen LogP contribution in [0.25, 0.3) is 5.69 Å². The molecule has 6 nitrogen and oxygen atoms in total. The van der Waals surface area contributed by atoms with Gasteiger partial charge in [-0.1, -0.05) is 18.2 Å². The van der Waals surface area contributed by atoms with Gasteiger partial charge in [0.05, 0.1) is 31.6 Å². The summed E-state index contributed by atoms with van der Waals surface area (Å²) in [4.78, 5) is 2.27. The number of morpholine rings is 1. The van der Waals surface area contributed by atoms with Crippen molar-refractivity contribution in [2.75, 3.05) is 46.2 Å². The molecule has 1 aliphatic rings. The molecule has 0 radical (unpaired) electrons. The van der Waals surface area contributed by atoms with Gasteiger partial charge in [0.1, 0.15) is 5.82 Å². The smallest absolute Gasteiger partial charge is 0.238 e. The van der Waals surface area contributed by atoms with Crippen molar-refractivity contribution in [1.29, 1.82) is 0 Å². The monoisotopic (exact) mass is 304 g/mol. The maximum absolute atomic E-state index is 5.93. The summed E-state index contributed by atoms with van der Waals surface area (Å²) >= 11 is 0. The second kappa shape index (κ2) is 7.82. The van der Waals surface area contributed by atoms with Gasteiger partial charge in [-0.15, -0.1) is 5.10 Å². The number of para-hydroxylation sites is 1. The number of methoxy groups -OCH3 is 1. The van der Waals surface area contributed by atoms with E-state index < -0.39 is 0 Å². The second-order valence-electron chi connectivity index (χ2n) is 5.18. The van der Waals surface area contributed by atoms with Crippen molar-refractivity contribution in [3.8, 4) is 11.6 Å². The van der Waals surface area contributed by atoms with Crippen molar-refractivity contribution < 1.29 is 9.47 Å². The van der Waals surface area contributed by atoms with Gasteiger partial charge < -0.3 is 20.1 Å². The van der Waals surface area contributed by atoms with Gasteiger partial charge in [-0.2, -0.15) is 0 Å². The maximum atomic E-state index is 5.93. The lowest BCUT2D eigenvalue weighted by atomic mass is 10.3. The molecule has 2 aromatic rings. The van der Waals surface area contributed by atoms with Gasteiger partial charge in [0, 0.05) is 13.1 Å². The van der Waals surface area contributed by atoms with Crippen LogP contribution in [0.1, 0.15) is 5.56 Å².